The Labute approximate surface area is 279 Å². The van der Waals surface area contributed by atoms with Gasteiger partial charge in [0.25, 0.3) is 5.91 Å². The Hall–Kier alpha value is -4.58. The highest BCUT2D eigenvalue weighted by Gasteiger charge is 2.34. The lowest BCUT2D eigenvalue weighted by atomic mass is 10.0. The molecule has 0 atom stereocenters. The van der Waals surface area contributed by atoms with Gasteiger partial charge in [-0.25, -0.2) is 14.0 Å². The van der Waals surface area contributed by atoms with E-state index in [0.29, 0.717) is 56.0 Å². The molecule has 0 bridgehead atoms. The highest BCUT2D eigenvalue weighted by Crippen LogP contribution is 2.33. The second-order valence-corrected chi connectivity index (χ2v) is 13.4. The topological polar surface area (TPSA) is 84.3 Å². The lowest BCUT2D eigenvalue weighted by molar-refractivity contribution is -0.137. The van der Waals surface area contributed by atoms with Crippen LogP contribution in [0.2, 0.25) is 10.0 Å². The number of aromatic nitrogens is 2. The highest BCUT2D eigenvalue weighted by molar-refractivity contribution is 7.92. The summed E-state index contributed by atoms with van der Waals surface area (Å²) in [7, 11) is -3.94. The van der Waals surface area contributed by atoms with E-state index in [2.05, 4.69) is 0 Å². The largest absolute Gasteiger partial charge is 0.416 e. The molecule has 0 spiro atoms. The van der Waals surface area contributed by atoms with Crippen molar-refractivity contribution in [2.45, 2.75) is 19.6 Å². The van der Waals surface area contributed by atoms with Crippen LogP contribution in [-0.2, 0) is 27.7 Å². The third-order valence-corrected chi connectivity index (χ3v) is 9.52. The van der Waals surface area contributed by atoms with Gasteiger partial charge in [0, 0.05) is 23.3 Å². The number of halogens is 5. The van der Waals surface area contributed by atoms with Crippen LogP contribution in [0.1, 0.15) is 28.1 Å². The summed E-state index contributed by atoms with van der Waals surface area (Å²) in [5, 5.41) is 0.914. The van der Waals surface area contributed by atoms with E-state index in [1.165, 1.54) is 6.07 Å². The number of imidazole rings is 1. The van der Waals surface area contributed by atoms with Gasteiger partial charge >= 0.3 is 16.4 Å². The number of nitrogens with zero attached hydrogens (tertiary/aromatic N) is 3. The maximum Gasteiger partial charge on any atom is 0.416 e. The summed E-state index contributed by atoms with van der Waals surface area (Å²) in [6, 6.07) is 22.8. The van der Waals surface area contributed by atoms with Gasteiger partial charge in [0.2, 0.25) is 0 Å². The van der Waals surface area contributed by atoms with Gasteiger partial charge in [-0.3, -0.25) is 4.79 Å². The minimum Gasteiger partial charge on any atom is -0.326 e. The molecule has 7 nitrogen and oxygen atoms in total. The van der Waals surface area contributed by atoms with Gasteiger partial charge in [0.15, 0.2) is 0 Å². The van der Waals surface area contributed by atoms with Crippen molar-refractivity contribution in [2.75, 3.05) is 10.8 Å². The number of amides is 1. The Morgan fingerprint density at radius 3 is 2.36 bits per heavy atom. The number of aryl methyl sites for hydroxylation is 1. The molecule has 2 heterocycles. The van der Waals surface area contributed by atoms with Gasteiger partial charge < -0.3 is 4.57 Å². The fraction of sp³-hybridized carbons (Fsp3) is 0.118. The molecule has 0 radical (unpaired) electrons. The first-order valence-electron chi connectivity index (χ1n) is 14.2. The van der Waals surface area contributed by atoms with Crippen LogP contribution in [0.5, 0.6) is 0 Å². The molecule has 1 aliphatic rings. The van der Waals surface area contributed by atoms with E-state index in [4.69, 9.17) is 28.2 Å². The summed E-state index contributed by atoms with van der Waals surface area (Å²) in [6.45, 7) is 1.86. The van der Waals surface area contributed by atoms with E-state index in [9.17, 15) is 26.4 Å². The molecule has 4 aromatic carbocycles. The van der Waals surface area contributed by atoms with Crippen molar-refractivity contribution >= 4 is 57.2 Å². The molecule has 1 fully saturated rings. The summed E-state index contributed by atoms with van der Waals surface area (Å²) in [4.78, 5) is 16.6. The van der Waals surface area contributed by atoms with Crippen molar-refractivity contribution in [1.82, 2.24) is 14.3 Å². The standard InChI is InChI=1S/C34H25Cl2F3N4O3S/c1-21-15-23(7-13-31(21)43-20-33(44)41-47(43,45)46)18-42-19-30(28-12-11-27(35)17-29(28)36)40-32(42)14-8-22-5-9-24(10-6-22)25-3-2-4-26(16-25)34(37,38)39/h2-17,19H,18,20H2,1H3,(H,41,44)/b14-8+. The lowest BCUT2D eigenvalue weighted by Gasteiger charge is -2.18. The smallest absolute Gasteiger partial charge is 0.326 e. The summed E-state index contributed by atoms with van der Waals surface area (Å²) >= 11 is 12.6. The molecule has 1 amide bonds. The number of rotatable bonds is 7. The minimum atomic E-state index is -4.43. The zero-order valence-corrected chi connectivity index (χ0v) is 26.9. The van der Waals surface area contributed by atoms with Crippen molar-refractivity contribution in [3.8, 4) is 22.4 Å². The Morgan fingerprint density at radius 1 is 0.936 bits per heavy atom. The lowest BCUT2D eigenvalue weighted by Crippen LogP contribution is -2.30. The number of carbonyl (C=O) groups excluding carboxylic acids is 1. The highest BCUT2D eigenvalue weighted by atomic mass is 35.5. The van der Waals surface area contributed by atoms with Gasteiger partial charge in [0.05, 0.1) is 22.0 Å². The second kappa shape index (κ2) is 12.6. The fourth-order valence-corrected chi connectivity index (χ4v) is 7.02. The first kappa shape index (κ1) is 32.4. The van der Waals surface area contributed by atoms with Gasteiger partial charge in [-0.05, 0) is 77.2 Å². The van der Waals surface area contributed by atoms with Crippen LogP contribution >= 0.6 is 23.2 Å². The quantitative estimate of drug-likeness (QED) is 0.186. The maximum absolute atomic E-state index is 13.2. The van der Waals surface area contributed by atoms with E-state index < -0.39 is 27.9 Å². The summed E-state index contributed by atoms with van der Waals surface area (Å²) < 4.78 is 69.3. The van der Waals surface area contributed by atoms with Crippen LogP contribution in [0, 0.1) is 6.92 Å². The SMILES string of the molecule is Cc1cc(Cn2cc(-c3ccc(Cl)cc3Cl)nc2/C=C/c2ccc(-c3cccc(C(F)(F)F)c3)cc2)ccc1N1CC(=O)NS1(=O)=O. The molecule has 13 heteroatoms. The number of benzene rings is 4. The van der Waals surface area contributed by atoms with E-state index in [1.807, 2.05) is 45.8 Å². The second-order valence-electron chi connectivity index (χ2n) is 10.9. The van der Waals surface area contributed by atoms with Crippen molar-refractivity contribution < 1.29 is 26.4 Å². The molecule has 1 aliphatic heterocycles. The van der Waals surface area contributed by atoms with Crippen molar-refractivity contribution in [1.29, 1.82) is 0 Å². The average molecular weight is 698 g/mol. The summed E-state index contributed by atoms with van der Waals surface area (Å²) in [5.74, 6) is -0.00590. The van der Waals surface area contributed by atoms with Crippen LogP contribution in [-0.4, -0.2) is 30.4 Å². The van der Waals surface area contributed by atoms with Crippen LogP contribution in [0.3, 0.4) is 0 Å². The predicted octanol–water partition coefficient (Wildman–Crippen LogP) is 8.25. The maximum atomic E-state index is 13.2. The first-order chi connectivity index (χ1) is 22.3. The van der Waals surface area contributed by atoms with E-state index in [-0.39, 0.29) is 6.54 Å². The average Bonchev–Trinajstić information content (AvgIpc) is 3.53. The monoisotopic (exact) mass is 696 g/mol. The molecule has 0 aliphatic carbocycles. The zero-order chi connectivity index (χ0) is 33.5. The van der Waals surface area contributed by atoms with Crippen LogP contribution in [0.25, 0.3) is 34.5 Å². The zero-order valence-electron chi connectivity index (χ0n) is 24.6. The molecule has 0 saturated carbocycles. The molecule has 47 heavy (non-hydrogen) atoms. The Bertz CT molecular complexity index is 2150. The van der Waals surface area contributed by atoms with Crippen molar-refractivity contribution in [3.05, 3.63) is 129 Å². The van der Waals surface area contributed by atoms with Gasteiger partial charge in [-0.1, -0.05) is 77.8 Å². The molecular formula is C34H25Cl2F3N4O3S. The fourth-order valence-electron chi connectivity index (χ4n) is 5.30. The predicted molar refractivity (Wildman–Crippen MR) is 178 cm³/mol. The molecular weight excluding hydrogens is 672 g/mol. The number of alkyl halides is 3. The molecule has 1 aromatic heterocycles. The molecule has 6 rings (SSSR count). The molecule has 0 unspecified atom stereocenters. The van der Waals surface area contributed by atoms with E-state index in [0.717, 1.165) is 27.6 Å². The van der Waals surface area contributed by atoms with Crippen LogP contribution < -0.4 is 9.03 Å². The number of nitrogens with one attached hydrogen (secondary N) is 1. The van der Waals surface area contributed by atoms with Gasteiger partial charge in [-0.15, -0.1) is 0 Å². The Morgan fingerprint density at radius 2 is 1.70 bits per heavy atom. The molecule has 1 saturated heterocycles. The molecule has 5 aromatic rings. The molecule has 1 N–H and O–H groups in total. The number of hydrogen-bond donors (Lipinski definition) is 1. The molecule has 240 valence electrons. The Balaban J connectivity index is 1.30. The van der Waals surface area contributed by atoms with E-state index >= 15 is 0 Å². The Kier molecular flexibility index (Phi) is 8.64. The van der Waals surface area contributed by atoms with Gasteiger partial charge in [-0.2, -0.15) is 21.6 Å². The number of hydrogen-bond acceptors (Lipinski definition) is 4. The van der Waals surface area contributed by atoms with E-state index in [1.54, 1.807) is 55.5 Å². The van der Waals surface area contributed by atoms with Crippen LogP contribution in [0.4, 0.5) is 18.9 Å². The first-order valence-corrected chi connectivity index (χ1v) is 16.4. The third-order valence-electron chi connectivity index (χ3n) is 7.58. The number of carbonyl (C=O) groups is 1. The third kappa shape index (κ3) is 7.07. The van der Waals surface area contributed by atoms with Crippen molar-refractivity contribution in [3.63, 3.8) is 0 Å². The summed E-state index contributed by atoms with van der Waals surface area (Å²) in [5.41, 5.74) is 4.41. The summed E-state index contributed by atoms with van der Waals surface area (Å²) in [6.07, 6.45) is 1.09. The van der Waals surface area contributed by atoms with Gasteiger partial charge in [0.1, 0.15) is 12.4 Å². The van der Waals surface area contributed by atoms with Crippen molar-refractivity contribution in [2.24, 2.45) is 0 Å². The number of anilines is 1. The minimum absolute atomic E-state index is 0.287. The van der Waals surface area contributed by atoms with Crippen LogP contribution in [0.15, 0.2) is 91.1 Å². The normalized spacial score (nSPS) is 14.6.